The topological polar surface area (TPSA) is 49.8 Å². The zero-order chi connectivity index (χ0) is 20.9. The minimum atomic E-state index is -0.743. The Kier molecular flexibility index (Phi) is 6.15. The number of nitrogens with zero attached hydrogens (tertiary/aromatic N) is 1. The lowest BCUT2D eigenvalue weighted by Gasteiger charge is -2.32. The number of rotatable bonds is 7. The summed E-state index contributed by atoms with van der Waals surface area (Å²) in [6.07, 6.45) is 1.59. The van der Waals surface area contributed by atoms with E-state index >= 15 is 0 Å². The first kappa shape index (κ1) is 20.2. The second-order valence-electron chi connectivity index (χ2n) is 7.89. The van der Waals surface area contributed by atoms with Crippen molar-refractivity contribution in [2.75, 3.05) is 6.54 Å². The quantitative estimate of drug-likeness (QED) is 0.590. The van der Waals surface area contributed by atoms with Gasteiger partial charge in [-0.15, -0.1) is 0 Å². The molecule has 0 aliphatic carbocycles. The van der Waals surface area contributed by atoms with Gasteiger partial charge in [-0.05, 0) is 48.6 Å². The maximum atomic E-state index is 11.9. The van der Waals surface area contributed by atoms with Crippen LogP contribution in [-0.4, -0.2) is 28.6 Å². The van der Waals surface area contributed by atoms with Gasteiger partial charge in [0.25, 0.3) is 0 Å². The molecule has 1 fully saturated rings. The molecule has 2 atom stereocenters. The van der Waals surface area contributed by atoms with E-state index in [-0.39, 0.29) is 6.04 Å². The van der Waals surface area contributed by atoms with E-state index in [1.54, 1.807) is 0 Å². The molecule has 1 heterocycles. The summed E-state index contributed by atoms with van der Waals surface area (Å²) in [6, 6.07) is 26.0. The van der Waals surface area contributed by atoms with Gasteiger partial charge in [-0.3, -0.25) is 9.69 Å². The SMILES string of the molecule is Cc1cccc(C(c2ccc(OCc3ccccc3)cc2)N2CCCC2C(=O)O)c1. The van der Waals surface area contributed by atoms with E-state index in [0.29, 0.717) is 13.0 Å². The Bertz CT molecular complexity index is 985. The monoisotopic (exact) mass is 401 g/mol. The number of carboxylic acid groups (broad SMARTS) is 1. The summed E-state index contributed by atoms with van der Waals surface area (Å²) in [6.45, 7) is 3.37. The van der Waals surface area contributed by atoms with E-state index in [4.69, 9.17) is 4.74 Å². The van der Waals surface area contributed by atoms with Crippen molar-refractivity contribution in [3.63, 3.8) is 0 Å². The lowest BCUT2D eigenvalue weighted by atomic mass is 9.95. The average Bonchev–Trinajstić information content (AvgIpc) is 3.24. The normalized spacial score (nSPS) is 17.6. The molecule has 154 valence electrons. The van der Waals surface area contributed by atoms with Gasteiger partial charge in [-0.2, -0.15) is 0 Å². The lowest BCUT2D eigenvalue weighted by molar-refractivity contribution is -0.142. The van der Waals surface area contributed by atoms with Crippen LogP contribution < -0.4 is 4.74 Å². The summed E-state index contributed by atoms with van der Waals surface area (Å²) < 4.78 is 5.93. The van der Waals surface area contributed by atoms with Crippen LogP contribution in [0, 0.1) is 6.92 Å². The number of hydrogen-bond acceptors (Lipinski definition) is 3. The van der Waals surface area contributed by atoms with Gasteiger partial charge in [-0.25, -0.2) is 0 Å². The largest absolute Gasteiger partial charge is 0.489 e. The van der Waals surface area contributed by atoms with Gasteiger partial charge in [0, 0.05) is 6.54 Å². The summed E-state index contributed by atoms with van der Waals surface area (Å²) >= 11 is 0. The van der Waals surface area contributed by atoms with Crippen LogP contribution in [-0.2, 0) is 11.4 Å². The third-order valence-electron chi connectivity index (χ3n) is 5.71. The molecule has 4 rings (SSSR count). The van der Waals surface area contributed by atoms with Crippen LogP contribution in [0.1, 0.15) is 41.1 Å². The van der Waals surface area contributed by atoms with Crippen LogP contribution in [0.4, 0.5) is 0 Å². The minimum absolute atomic E-state index is 0.0864. The van der Waals surface area contributed by atoms with Gasteiger partial charge >= 0.3 is 5.97 Å². The van der Waals surface area contributed by atoms with E-state index in [0.717, 1.165) is 35.4 Å². The second-order valence-corrected chi connectivity index (χ2v) is 7.89. The highest BCUT2D eigenvalue weighted by Gasteiger charge is 2.36. The zero-order valence-electron chi connectivity index (χ0n) is 17.2. The molecule has 3 aromatic carbocycles. The van der Waals surface area contributed by atoms with E-state index in [1.807, 2.05) is 48.5 Å². The molecule has 1 N–H and O–H groups in total. The fourth-order valence-electron chi connectivity index (χ4n) is 4.27. The molecule has 3 aromatic rings. The zero-order valence-corrected chi connectivity index (χ0v) is 17.2. The van der Waals surface area contributed by atoms with Crippen LogP contribution in [0.25, 0.3) is 0 Å². The van der Waals surface area contributed by atoms with E-state index in [9.17, 15) is 9.90 Å². The number of carbonyl (C=O) groups is 1. The smallest absolute Gasteiger partial charge is 0.320 e. The molecule has 4 nitrogen and oxygen atoms in total. The van der Waals surface area contributed by atoms with Gasteiger partial charge in [0.1, 0.15) is 18.4 Å². The molecule has 1 aliphatic heterocycles. The van der Waals surface area contributed by atoms with Crippen LogP contribution in [0.2, 0.25) is 0 Å². The molecule has 1 saturated heterocycles. The minimum Gasteiger partial charge on any atom is -0.489 e. The molecule has 0 bridgehead atoms. The number of hydrogen-bond donors (Lipinski definition) is 1. The van der Waals surface area contributed by atoms with Crippen molar-refractivity contribution in [3.8, 4) is 5.75 Å². The van der Waals surface area contributed by atoms with Crippen molar-refractivity contribution >= 4 is 5.97 Å². The maximum Gasteiger partial charge on any atom is 0.320 e. The van der Waals surface area contributed by atoms with E-state index in [2.05, 4.69) is 42.2 Å². The van der Waals surface area contributed by atoms with Gasteiger partial charge in [0.2, 0.25) is 0 Å². The van der Waals surface area contributed by atoms with Crippen LogP contribution in [0.3, 0.4) is 0 Å². The summed E-state index contributed by atoms with van der Waals surface area (Å²) in [7, 11) is 0. The van der Waals surface area contributed by atoms with Crippen molar-refractivity contribution in [2.45, 2.75) is 38.5 Å². The lowest BCUT2D eigenvalue weighted by Crippen LogP contribution is -2.39. The van der Waals surface area contributed by atoms with Crippen molar-refractivity contribution in [1.29, 1.82) is 0 Å². The molecule has 30 heavy (non-hydrogen) atoms. The molecule has 0 spiro atoms. The first-order valence-corrected chi connectivity index (χ1v) is 10.4. The number of carboxylic acids is 1. The molecular weight excluding hydrogens is 374 g/mol. The summed E-state index contributed by atoms with van der Waals surface area (Å²) in [4.78, 5) is 14.0. The molecule has 4 heteroatoms. The molecule has 0 aromatic heterocycles. The average molecular weight is 402 g/mol. The highest BCUT2D eigenvalue weighted by Crippen LogP contribution is 2.36. The van der Waals surface area contributed by atoms with Crippen LogP contribution in [0.15, 0.2) is 78.9 Å². The Hall–Kier alpha value is -3.11. The fraction of sp³-hybridized carbons (Fsp3) is 0.269. The second kappa shape index (κ2) is 9.14. The van der Waals surface area contributed by atoms with Gasteiger partial charge in [0.05, 0.1) is 6.04 Å². The number of aryl methyl sites for hydroxylation is 1. The van der Waals surface area contributed by atoms with Crippen molar-refractivity contribution < 1.29 is 14.6 Å². The predicted molar refractivity (Wildman–Crippen MR) is 118 cm³/mol. The first-order valence-electron chi connectivity index (χ1n) is 10.4. The third-order valence-corrected chi connectivity index (χ3v) is 5.71. The Morgan fingerprint density at radius 3 is 2.50 bits per heavy atom. The highest BCUT2D eigenvalue weighted by atomic mass is 16.5. The third kappa shape index (κ3) is 4.55. The summed E-state index contributed by atoms with van der Waals surface area (Å²) in [5, 5.41) is 9.74. The number of benzene rings is 3. The summed E-state index contributed by atoms with van der Waals surface area (Å²) in [5.74, 6) is 0.0646. The van der Waals surface area contributed by atoms with Crippen LogP contribution in [0.5, 0.6) is 5.75 Å². The van der Waals surface area contributed by atoms with Crippen molar-refractivity contribution in [3.05, 3.63) is 101 Å². The van der Waals surface area contributed by atoms with E-state index < -0.39 is 12.0 Å². The Balaban J connectivity index is 1.59. The van der Waals surface area contributed by atoms with Gasteiger partial charge in [0.15, 0.2) is 0 Å². The predicted octanol–water partition coefficient (Wildman–Crippen LogP) is 5.21. The van der Waals surface area contributed by atoms with Gasteiger partial charge in [-0.1, -0.05) is 72.3 Å². The molecule has 0 saturated carbocycles. The number of ether oxygens (including phenoxy) is 1. The summed E-state index contributed by atoms with van der Waals surface area (Å²) in [5.41, 5.74) is 4.51. The fourth-order valence-corrected chi connectivity index (χ4v) is 4.27. The van der Waals surface area contributed by atoms with Gasteiger partial charge < -0.3 is 9.84 Å². The number of aliphatic carboxylic acids is 1. The van der Waals surface area contributed by atoms with Crippen LogP contribution >= 0.6 is 0 Å². The van der Waals surface area contributed by atoms with Crippen molar-refractivity contribution in [2.24, 2.45) is 0 Å². The Morgan fingerprint density at radius 1 is 1.03 bits per heavy atom. The standard InChI is InChI=1S/C26H27NO3/c1-19-7-5-10-22(17-19)25(27-16-6-11-24(27)26(28)29)21-12-14-23(15-13-21)30-18-20-8-3-2-4-9-20/h2-5,7-10,12-15,17,24-25H,6,11,16,18H2,1H3,(H,28,29). The Labute approximate surface area is 177 Å². The highest BCUT2D eigenvalue weighted by molar-refractivity contribution is 5.74. The molecule has 0 radical (unpaired) electrons. The van der Waals surface area contributed by atoms with E-state index in [1.165, 1.54) is 5.56 Å². The molecule has 1 aliphatic rings. The Morgan fingerprint density at radius 2 is 1.80 bits per heavy atom. The first-order chi connectivity index (χ1) is 14.6. The van der Waals surface area contributed by atoms with Crippen molar-refractivity contribution in [1.82, 2.24) is 4.90 Å². The molecular formula is C26H27NO3. The number of likely N-dealkylation sites (tertiary alicyclic amines) is 1. The molecule has 0 amide bonds. The maximum absolute atomic E-state index is 11.9. The molecule has 2 unspecified atom stereocenters.